The second kappa shape index (κ2) is 5.31. The van der Waals surface area contributed by atoms with Gasteiger partial charge in [0.15, 0.2) is 6.29 Å². The highest BCUT2D eigenvalue weighted by atomic mass is 19.1. The maximum absolute atomic E-state index is 13.0. The Balaban J connectivity index is 3.22. The van der Waals surface area contributed by atoms with Crippen LogP contribution in [0.2, 0.25) is 0 Å². The molecule has 0 bridgehead atoms. The predicted molar refractivity (Wildman–Crippen MR) is 52.0 cm³/mol. The highest BCUT2D eigenvalue weighted by Crippen LogP contribution is 2.28. The number of rotatable bonds is 4. The molecule has 0 aliphatic carbocycles. The molecule has 0 aliphatic rings. The van der Waals surface area contributed by atoms with Crippen LogP contribution in [0.15, 0.2) is 23.3 Å². The van der Waals surface area contributed by atoms with Crippen LogP contribution in [0.25, 0.3) is 10.4 Å². The summed E-state index contributed by atoms with van der Waals surface area (Å²) in [6, 6.07) is 3.78. The zero-order valence-corrected chi connectivity index (χ0v) is 8.35. The Hall–Kier alpha value is -1.62. The lowest BCUT2D eigenvalue weighted by Gasteiger charge is -2.15. The molecule has 1 aromatic rings. The van der Waals surface area contributed by atoms with Gasteiger partial charge in [-0.25, -0.2) is 4.39 Å². The molecule has 0 saturated heterocycles. The van der Waals surface area contributed by atoms with Crippen molar-refractivity contribution < 1.29 is 13.9 Å². The molecule has 15 heavy (non-hydrogen) atoms. The summed E-state index contributed by atoms with van der Waals surface area (Å²) in [5, 5.41) is 3.42. The van der Waals surface area contributed by atoms with E-state index < -0.39 is 12.1 Å². The molecule has 0 spiro atoms. The van der Waals surface area contributed by atoms with Crippen LogP contribution >= 0.6 is 0 Å². The minimum atomic E-state index is -0.749. The Morgan fingerprint density at radius 3 is 2.60 bits per heavy atom. The van der Waals surface area contributed by atoms with Gasteiger partial charge in [-0.1, -0.05) is 5.11 Å². The smallest absolute Gasteiger partial charge is 0.183 e. The van der Waals surface area contributed by atoms with Crippen molar-refractivity contribution in [2.75, 3.05) is 14.2 Å². The van der Waals surface area contributed by atoms with Crippen molar-refractivity contribution in [3.05, 3.63) is 40.0 Å². The number of nitrogens with zero attached hydrogens (tertiary/aromatic N) is 3. The van der Waals surface area contributed by atoms with Crippen LogP contribution in [-0.2, 0) is 9.47 Å². The van der Waals surface area contributed by atoms with E-state index in [4.69, 9.17) is 15.0 Å². The summed E-state index contributed by atoms with van der Waals surface area (Å²) >= 11 is 0. The topological polar surface area (TPSA) is 67.2 Å². The van der Waals surface area contributed by atoms with E-state index >= 15 is 0 Å². The lowest BCUT2D eigenvalue weighted by Crippen LogP contribution is -2.04. The van der Waals surface area contributed by atoms with Gasteiger partial charge in [0.05, 0.1) is 0 Å². The number of halogens is 1. The Bertz CT molecular complexity index is 387. The maximum Gasteiger partial charge on any atom is 0.183 e. The Kier molecular flexibility index (Phi) is 4.05. The van der Waals surface area contributed by atoms with Gasteiger partial charge in [-0.15, -0.1) is 0 Å². The van der Waals surface area contributed by atoms with Crippen molar-refractivity contribution in [1.82, 2.24) is 0 Å². The van der Waals surface area contributed by atoms with E-state index in [2.05, 4.69) is 10.0 Å². The van der Waals surface area contributed by atoms with Gasteiger partial charge in [-0.05, 0) is 23.7 Å². The van der Waals surface area contributed by atoms with E-state index in [9.17, 15) is 4.39 Å². The van der Waals surface area contributed by atoms with Gasteiger partial charge >= 0.3 is 0 Å². The molecule has 1 aromatic carbocycles. The summed E-state index contributed by atoms with van der Waals surface area (Å²) < 4.78 is 22.9. The first-order chi connectivity index (χ1) is 7.22. The molecule has 0 aliphatic heterocycles. The van der Waals surface area contributed by atoms with Crippen molar-refractivity contribution >= 4 is 5.69 Å². The van der Waals surface area contributed by atoms with Crippen molar-refractivity contribution in [3.63, 3.8) is 0 Å². The van der Waals surface area contributed by atoms with E-state index in [-0.39, 0.29) is 5.69 Å². The molecule has 0 saturated carbocycles. The first-order valence-corrected chi connectivity index (χ1v) is 4.13. The van der Waals surface area contributed by atoms with Gasteiger partial charge in [0.2, 0.25) is 0 Å². The molecule has 0 aromatic heterocycles. The van der Waals surface area contributed by atoms with Crippen molar-refractivity contribution in [2.24, 2.45) is 5.11 Å². The monoisotopic (exact) mass is 211 g/mol. The first-order valence-electron chi connectivity index (χ1n) is 4.13. The quantitative estimate of drug-likeness (QED) is 0.332. The summed E-state index contributed by atoms with van der Waals surface area (Å²) in [6.07, 6.45) is -0.749. The lowest BCUT2D eigenvalue weighted by molar-refractivity contribution is -0.105. The molecule has 0 fully saturated rings. The Morgan fingerprint density at radius 2 is 2.07 bits per heavy atom. The van der Waals surface area contributed by atoms with Crippen molar-refractivity contribution in [2.45, 2.75) is 6.29 Å². The summed E-state index contributed by atoms with van der Waals surface area (Å²) in [5.41, 5.74) is 8.97. The Labute approximate surface area is 86.1 Å². The molecule has 0 unspecified atom stereocenters. The molecule has 0 heterocycles. The van der Waals surface area contributed by atoms with E-state index in [0.29, 0.717) is 5.56 Å². The largest absolute Gasteiger partial charge is 0.352 e. The summed E-state index contributed by atoms with van der Waals surface area (Å²) in [7, 11) is 2.83. The average Bonchev–Trinajstić information content (AvgIpc) is 2.24. The Morgan fingerprint density at radius 1 is 1.40 bits per heavy atom. The second-order valence-electron chi connectivity index (χ2n) is 2.70. The minimum absolute atomic E-state index is 0.285. The molecule has 6 heteroatoms. The normalized spacial score (nSPS) is 10.1. The molecule has 80 valence electrons. The van der Waals surface area contributed by atoms with E-state index in [1.165, 1.54) is 32.4 Å². The molecule has 0 amide bonds. The number of ether oxygens (including phenoxy) is 2. The van der Waals surface area contributed by atoms with Crippen LogP contribution in [0.4, 0.5) is 10.1 Å². The summed E-state index contributed by atoms with van der Waals surface area (Å²) in [6.45, 7) is 0. The van der Waals surface area contributed by atoms with Gasteiger partial charge in [0.25, 0.3) is 0 Å². The fourth-order valence-corrected chi connectivity index (χ4v) is 1.20. The number of hydrogen-bond acceptors (Lipinski definition) is 3. The number of benzene rings is 1. The highest BCUT2D eigenvalue weighted by Gasteiger charge is 2.13. The van der Waals surface area contributed by atoms with Crippen molar-refractivity contribution in [3.8, 4) is 0 Å². The van der Waals surface area contributed by atoms with Crippen LogP contribution < -0.4 is 0 Å². The first kappa shape index (κ1) is 11.5. The van der Waals surface area contributed by atoms with E-state index in [1.807, 2.05) is 0 Å². The minimum Gasteiger partial charge on any atom is -0.352 e. The van der Waals surface area contributed by atoms with Gasteiger partial charge in [-0.3, -0.25) is 0 Å². The van der Waals surface area contributed by atoms with Crippen LogP contribution in [0.3, 0.4) is 0 Å². The molecular weight excluding hydrogens is 201 g/mol. The predicted octanol–water partition coefficient (Wildman–Crippen LogP) is 3.06. The van der Waals surface area contributed by atoms with Gasteiger partial charge < -0.3 is 9.47 Å². The van der Waals surface area contributed by atoms with Crippen LogP contribution in [0.1, 0.15) is 11.9 Å². The van der Waals surface area contributed by atoms with E-state index in [1.54, 1.807) is 0 Å². The molecule has 1 rings (SSSR count). The lowest BCUT2D eigenvalue weighted by atomic mass is 10.1. The fourth-order valence-electron chi connectivity index (χ4n) is 1.20. The number of methoxy groups -OCH3 is 2. The van der Waals surface area contributed by atoms with Crippen LogP contribution in [0.5, 0.6) is 0 Å². The van der Waals surface area contributed by atoms with Crippen LogP contribution in [0, 0.1) is 5.82 Å². The third kappa shape index (κ3) is 2.66. The third-order valence-corrected chi connectivity index (χ3v) is 1.82. The number of hydrogen-bond donors (Lipinski definition) is 0. The highest BCUT2D eigenvalue weighted by molar-refractivity contribution is 5.46. The zero-order chi connectivity index (χ0) is 11.3. The van der Waals surface area contributed by atoms with Gasteiger partial charge in [0.1, 0.15) is 5.82 Å². The second-order valence-corrected chi connectivity index (χ2v) is 2.70. The SMILES string of the molecule is COC(OC)c1cc(F)ccc1N=[N+]=[N-]. The van der Waals surface area contributed by atoms with Crippen molar-refractivity contribution in [1.29, 1.82) is 0 Å². The molecule has 0 atom stereocenters. The average molecular weight is 211 g/mol. The fraction of sp³-hybridized carbons (Fsp3) is 0.333. The van der Waals surface area contributed by atoms with Crippen LogP contribution in [-0.4, -0.2) is 14.2 Å². The maximum atomic E-state index is 13.0. The summed E-state index contributed by atoms with van der Waals surface area (Å²) in [4.78, 5) is 2.64. The molecule has 0 radical (unpaired) electrons. The van der Waals surface area contributed by atoms with E-state index in [0.717, 1.165) is 0 Å². The zero-order valence-electron chi connectivity index (χ0n) is 8.35. The molecule has 5 nitrogen and oxygen atoms in total. The number of azide groups is 1. The summed E-state index contributed by atoms with van der Waals surface area (Å²) in [5.74, 6) is -0.444. The van der Waals surface area contributed by atoms with Gasteiger partial charge in [0, 0.05) is 30.4 Å². The third-order valence-electron chi connectivity index (χ3n) is 1.82. The standard InChI is InChI=1S/C9H10FN3O2/c1-14-9(15-2)7-5-6(10)3-4-8(7)12-13-11/h3-5,9H,1-2H3. The molecule has 0 N–H and O–H groups in total. The van der Waals surface area contributed by atoms with Gasteiger partial charge in [-0.2, -0.15) is 0 Å². The molecular formula is C9H10FN3O2.